The van der Waals surface area contributed by atoms with E-state index in [0.29, 0.717) is 18.7 Å². The van der Waals surface area contributed by atoms with Crippen molar-refractivity contribution in [2.75, 3.05) is 13.1 Å². The molecule has 2 N–H and O–H groups in total. The molecule has 0 radical (unpaired) electrons. The zero-order chi connectivity index (χ0) is 16.5. The van der Waals surface area contributed by atoms with Crippen LogP contribution in [0, 0.1) is 0 Å². The molecule has 126 valence electrons. The van der Waals surface area contributed by atoms with E-state index in [1.165, 1.54) is 16.9 Å². The van der Waals surface area contributed by atoms with E-state index in [4.69, 9.17) is 0 Å². The van der Waals surface area contributed by atoms with Crippen molar-refractivity contribution in [2.45, 2.75) is 38.1 Å². The fraction of sp³-hybridized carbons (Fsp3) is 0.471. The molecule has 1 aliphatic carbocycles. The summed E-state index contributed by atoms with van der Waals surface area (Å²) in [6.07, 6.45) is 8.18. The van der Waals surface area contributed by atoms with Gasteiger partial charge in [0.05, 0.1) is 16.6 Å². The molecule has 0 unspecified atom stereocenters. The number of amides is 2. The number of thiophene rings is 1. The third-order valence-electron chi connectivity index (χ3n) is 4.83. The molecule has 2 aromatic heterocycles. The monoisotopic (exact) mass is 344 g/mol. The van der Waals surface area contributed by atoms with Crippen LogP contribution >= 0.6 is 11.3 Å². The van der Waals surface area contributed by atoms with Crippen LogP contribution in [0.15, 0.2) is 18.5 Å². The number of nitrogens with zero attached hydrogens (tertiary/aromatic N) is 2. The van der Waals surface area contributed by atoms with Crippen molar-refractivity contribution in [3.63, 3.8) is 0 Å². The number of hydrogen-bond donors (Lipinski definition) is 2. The largest absolute Gasteiger partial charge is 0.348 e. The van der Waals surface area contributed by atoms with E-state index in [1.54, 1.807) is 23.7 Å². The maximum absolute atomic E-state index is 12.4. The second-order valence-corrected chi connectivity index (χ2v) is 7.58. The lowest BCUT2D eigenvalue weighted by molar-refractivity contribution is 0.0698. The van der Waals surface area contributed by atoms with E-state index in [2.05, 4.69) is 21.6 Å². The molecular formula is C17H20N4O2S. The SMILES string of the molecule is O=C(NC1CCN(C(=O)c2cn[nH]c2)CC1)c1cc2c(s1)CCC2. The quantitative estimate of drug-likeness (QED) is 0.894. The summed E-state index contributed by atoms with van der Waals surface area (Å²) in [5.41, 5.74) is 1.94. The minimum atomic E-state index is 0.00297. The molecule has 4 rings (SSSR count). The molecule has 0 spiro atoms. The molecule has 2 amide bonds. The number of rotatable bonds is 3. The average molecular weight is 344 g/mol. The molecule has 0 bridgehead atoms. The average Bonchev–Trinajstić information content (AvgIpc) is 3.31. The van der Waals surface area contributed by atoms with Gasteiger partial charge in [0.15, 0.2) is 0 Å². The minimum absolute atomic E-state index is 0.00297. The number of carbonyl (C=O) groups is 2. The first kappa shape index (κ1) is 15.4. The van der Waals surface area contributed by atoms with Crippen LogP contribution in [-0.4, -0.2) is 46.0 Å². The number of H-pyrrole nitrogens is 1. The Morgan fingerprint density at radius 2 is 2.12 bits per heavy atom. The molecule has 0 saturated carbocycles. The third kappa shape index (κ3) is 2.96. The van der Waals surface area contributed by atoms with Crippen molar-refractivity contribution in [1.29, 1.82) is 0 Å². The number of aromatic amines is 1. The van der Waals surface area contributed by atoms with Gasteiger partial charge in [-0.25, -0.2) is 0 Å². The number of aryl methyl sites for hydroxylation is 2. The van der Waals surface area contributed by atoms with Gasteiger partial charge in [-0.2, -0.15) is 5.10 Å². The van der Waals surface area contributed by atoms with Gasteiger partial charge in [0.2, 0.25) is 0 Å². The Morgan fingerprint density at radius 3 is 2.83 bits per heavy atom. The Balaban J connectivity index is 1.31. The molecular weight excluding hydrogens is 324 g/mol. The van der Waals surface area contributed by atoms with Crippen LogP contribution in [0.2, 0.25) is 0 Å². The molecule has 3 heterocycles. The minimum Gasteiger partial charge on any atom is -0.348 e. The summed E-state index contributed by atoms with van der Waals surface area (Å²) in [5, 5.41) is 9.62. The summed E-state index contributed by atoms with van der Waals surface area (Å²) < 4.78 is 0. The molecule has 7 heteroatoms. The lowest BCUT2D eigenvalue weighted by atomic mass is 10.0. The first-order valence-electron chi connectivity index (χ1n) is 8.41. The van der Waals surface area contributed by atoms with Crippen LogP contribution in [0.4, 0.5) is 0 Å². The molecule has 0 aromatic carbocycles. The van der Waals surface area contributed by atoms with E-state index in [-0.39, 0.29) is 17.9 Å². The smallest absolute Gasteiger partial charge is 0.261 e. The third-order valence-corrected chi connectivity index (χ3v) is 6.07. The number of aromatic nitrogens is 2. The van der Waals surface area contributed by atoms with Crippen molar-refractivity contribution in [2.24, 2.45) is 0 Å². The number of hydrogen-bond acceptors (Lipinski definition) is 4. The zero-order valence-electron chi connectivity index (χ0n) is 13.4. The standard InChI is InChI=1S/C17H20N4O2S/c22-16(15-8-11-2-1-3-14(11)24-15)20-13-4-6-21(7-5-13)17(23)12-9-18-19-10-12/h8-10,13H,1-7H2,(H,18,19)(H,20,22). The highest BCUT2D eigenvalue weighted by Gasteiger charge is 2.26. The van der Waals surface area contributed by atoms with E-state index in [1.807, 2.05) is 4.90 Å². The van der Waals surface area contributed by atoms with Crippen LogP contribution in [0.3, 0.4) is 0 Å². The molecule has 2 aromatic rings. The lowest BCUT2D eigenvalue weighted by Crippen LogP contribution is -2.46. The van der Waals surface area contributed by atoms with Gasteiger partial charge in [-0.15, -0.1) is 11.3 Å². The first-order chi connectivity index (χ1) is 11.7. The summed E-state index contributed by atoms with van der Waals surface area (Å²) in [6.45, 7) is 1.33. The van der Waals surface area contributed by atoms with Gasteiger partial charge in [0, 0.05) is 30.2 Å². The highest BCUT2D eigenvalue weighted by atomic mass is 32.1. The zero-order valence-corrected chi connectivity index (χ0v) is 14.2. The van der Waals surface area contributed by atoms with E-state index in [9.17, 15) is 9.59 Å². The predicted octanol–water partition coefficient (Wildman–Crippen LogP) is 1.99. The summed E-state index contributed by atoms with van der Waals surface area (Å²) >= 11 is 1.64. The first-order valence-corrected chi connectivity index (χ1v) is 9.23. The van der Waals surface area contributed by atoms with Crippen LogP contribution < -0.4 is 5.32 Å². The number of carbonyl (C=O) groups excluding carboxylic acids is 2. The normalized spacial score (nSPS) is 17.8. The van der Waals surface area contributed by atoms with E-state index >= 15 is 0 Å². The number of nitrogens with one attached hydrogen (secondary N) is 2. The number of likely N-dealkylation sites (tertiary alicyclic amines) is 1. The molecule has 2 aliphatic rings. The molecule has 0 atom stereocenters. The second kappa shape index (κ2) is 6.39. The summed E-state index contributed by atoms with van der Waals surface area (Å²) in [6, 6.07) is 2.20. The molecule has 1 aliphatic heterocycles. The summed E-state index contributed by atoms with van der Waals surface area (Å²) in [5.74, 6) is 0.0391. The maximum Gasteiger partial charge on any atom is 0.261 e. The van der Waals surface area contributed by atoms with Gasteiger partial charge in [-0.1, -0.05) is 0 Å². The topological polar surface area (TPSA) is 78.1 Å². The van der Waals surface area contributed by atoms with Gasteiger partial charge >= 0.3 is 0 Å². The highest BCUT2D eigenvalue weighted by molar-refractivity contribution is 7.14. The fourth-order valence-corrected chi connectivity index (χ4v) is 4.63. The Kier molecular flexibility index (Phi) is 4.10. The van der Waals surface area contributed by atoms with Crippen LogP contribution in [-0.2, 0) is 12.8 Å². The van der Waals surface area contributed by atoms with Crippen molar-refractivity contribution in [3.8, 4) is 0 Å². The van der Waals surface area contributed by atoms with E-state index < -0.39 is 0 Å². The van der Waals surface area contributed by atoms with Gasteiger partial charge in [0.25, 0.3) is 11.8 Å². The van der Waals surface area contributed by atoms with Crippen molar-refractivity contribution < 1.29 is 9.59 Å². The van der Waals surface area contributed by atoms with Crippen molar-refractivity contribution in [1.82, 2.24) is 20.4 Å². The highest BCUT2D eigenvalue weighted by Crippen LogP contribution is 2.30. The Labute approximate surface area is 144 Å². The van der Waals surface area contributed by atoms with Gasteiger partial charge in [-0.05, 0) is 43.7 Å². The van der Waals surface area contributed by atoms with Crippen LogP contribution in [0.1, 0.15) is 49.7 Å². The second-order valence-electron chi connectivity index (χ2n) is 6.44. The van der Waals surface area contributed by atoms with Crippen molar-refractivity contribution in [3.05, 3.63) is 39.3 Å². The summed E-state index contributed by atoms with van der Waals surface area (Å²) in [4.78, 5) is 28.7. The van der Waals surface area contributed by atoms with Crippen molar-refractivity contribution >= 4 is 23.2 Å². The van der Waals surface area contributed by atoms with Gasteiger partial charge in [0.1, 0.15) is 0 Å². The molecule has 24 heavy (non-hydrogen) atoms. The Hall–Kier alpha value is -2.15. The summed E-state index contributed by atoms with van der Waals surface area (Å²) in [7, 11) is 0. The van der Waals surface area contributed by atoms with E-state index in [0.717, 1.165) is 30.6 Å². The van der Waals surface area contributed by atoms with Crippen LogP contribution in [0.25, 0.3) is 0 Å². The van der Waals surface area contributed by atoms with Crippen LogP contribution in [0.5, 0.6) is 0 Å². The molecule has 1 saturated heterocycles. The Morgan fingerprint density at radius 1 is 1.29 bits per heavy atom. The fourth-order valence-electron chi connectivity index (χ4n) is 3.47. The molecule has 1 fully saturated rings. The van der Waals surface area contributed by atoms with Gasteiger partial charge in [-0.3, -0.25) is 14.7 Å². The predicted molar refractivity (Wildman–Crippen MR) is 91.3 cm³/mol. The van der Waals surface area contributed by atoms with Gasteiger partial charge < -0.3 is 10.2 Å². The maximum atomic E-state index is 12.4. The number of fused-ring (bicyclic) bond motifs is 1. The number of piperidine rings is 1. The lowest BCUT2D eigenvalue weighted by Gasteiger charge is -2.32. The molecule has 6 nitrogen and oxygen atoms in total. The Bertz CT molecular complexity index is 723.